The van der Waals surface area contributed by atoms with Gasteiger partial charge in [-0.05, 0) is 36.5 Å². The van der Waals surface area contributed by atoms with Gasteiger partial charge in [-0.25, -0.2) is 14.6 Å². The Balaban J connectivity index is 1.67. The SMILES string of the molecule is C=CC(=O)N1CCC(Cn2nc(C#Cc3cc(OC)cc(OC)c3)c3c(N)ncnc32)C1. The number of aromatic nitrogens is 4. The van der Waals surface area contributed by atoms with Gasteiger partial charge in [0.25, 0.3) is 0 Å². The van der Waals surface area contributed by atoms with Crippen molar-refractivity contribution in [3.05, 3.63) is 48.4 Å². The van der Waals surface area contributed by atoms with E-state index in [9.17, 15) is 4.79 Å². The van der Waals surface area contributed by atoms with Crippen LogP contribution in [0, 0.1) is 17.8 Å². The molecule has 1 saturated heterocycles. The quantitative estimate of drug-likeness (QED) is 0.484. The monoisotopic (exact) mass is 432 g/mol. The van der Waals surface area contributed by atoms with Crippen molar-refractivity contribution in [2.45, 2.75) is 13.0 Å². The van der Waals surface area contributed by atoms with E-state index in [1.165, 1.54) is 12.4 Å². The molecule has 2 N–H and O–H groups in total. The number of amides is 1. The molecule has 1 aromatic carbocycles. The second kappa shape index (κ2) is 8.98. The summed E-state index contributed by atoms with van der Waals surface area (Å²) >= 11 is 0. The second-order valence-electron chi connectivity index (χ2n) is 7.48. The summed E-state index contributed by atoms with van der Waals surface area (Å²) in [7, 11) is 3.18. The van der Waals surface area contributed by atoms with Crippen LogP contribution in [-0.4, -0.2) is 57.9 Å². The minimum Gasteiger partial charge on any atom is -0.497 e. The zero-order valence-corrected chi connectivity index (χ0v) is 18.0. The molecule has 0 saturated carbocycles. The first kappa shape index (κ1) is 21.2. The van der Waals surface area contributed by atoms with Crippen LogP contribution in [0.4, 0.5) is 5.82 Å². The predicted molar refractivity (Wildman–Crippen MR) is 120 cm³/mol. The molecule has 0 bridgehead atoms. The van der Waals surface area contributed by atoms with Gasteiger partial charge in [0.2, 0.25) is 5.91 Å². The first-order chi connectivity index (χ1) is 15.5. The number of rotatable bonds is 5. The molecule has 32 heavy (non-hydrogen) atoms. The molecule has 9 nitrogen and oxygen atoms in total. The largest absolute Gasteiger partial charge is 0.497 e. The fraction of sp³-hybridized carbons (Fsp3) is 0.304. The molecule has 1 aliphatic rings. The molecule has 4 rings (SSSR count). The predicted octanol–water partition coefficient (Wildman–Crippen LogP) is 1.86. The number of ether oxygens (including phenoxy) is 2. The molecule has 0 aliphatic carbocycles. The van der Waals surface area contributed by atoms with E-state index in [4.69, 9.17) is 15.2 Å². The number of likely N-dealkylation sites (tertiary alicyclic amines) is 1. The molecule has 9 heteroatoms. The van der Waals surface area contributed by atoms with Crippen LogP contribution in [0.15, 0.2) is 37.2 Å². The Morgan fingerprint density at radius 3 is 2.69 bits per heavy atom. The highest BCUT2D eigenvalue weighted by Gasteiger charge is 2.26. The zero-order valence-electron chi connectivity index (χ0n) is 18.0. The summed E-state index contributed by atoms with van der Waals surface area (Å²) in [6, 6.07) is 5.42. The molecule has 0 radical (unpaired) electrons. The normalized spacial score (nSPS) is 15.3. The van der Waals surface area contributed by atoms with Crippen molar-refractivity contribution in [3.63, 3.8) is 0 Å². The minimum atomic E-state index is -0.0512. The van der Waals surface area contributed by atoms with Gasteiger partial charge in [-0.2, -0.15) is 5.10 Å². The Hall–Kier alpha value is -4.06. The Morgan fingerprint density at radius 1 is 1.25 bits per heavy atom. The molecule has 1 unspecified atom stereocenters. The van der Waals surface area contributed by atoms with Crippen LogP contribution in [0.1, 0.15) is 17.7 Å². The summed E-state index contributed by atoms with van der Waals surface area (Å²) in [5.41, 5.74) is 7.98. The number of benzene rings is 1. The number of fused-ring (bicyclic) bond motifs is 1. The van der Waals surface area contributed by atoms with Crippen molar-refractivity contribution in [1.29, 1.82) is 0 Å². The number of methoxy groups -OCH3 is 2. The number of hydrogen-bond donors (Lipinski definition) is 1. The maximum absolute atomic E-state index is 11.9. The molecule has 1 atom stereocenters. The third-order valence-corrected chi connectivity index (χ3v) is 5.44. The van der Waals surface area contributed by atoms with E-state index in [1.54, 1.807) is 29.9 Å². The zero-order chi connectivity index (χ0) is 22.7. The maximum Gasteiger partial charge on any atom is 0.245 e. The van der Waals surface area contributed by atoms with Crippen molar-refractivity contribution >= 4 is 22.8 Å². The average Bonchev–Trinajstić information content (AvgIpc) is 3.42. The number of carbonyl (C=O) groups is 1. The summed E-state index contributed by atoms with van der Waals surface area (Å²) in [6.45, 7) is 5.52. The fourth-order valence-electron chi connectivity index (χ4n) is 3.81. The van der Waals surface area contributed by atoms with Crippen LogP contribution in [0.5, 0.6) is 11.5 Å². The molecule has 1 fully saturated rings. The number of hydrogen-bond acceptors (Lipinski definition) is 7. The fourth-order valence-corrected chi connectivity index (χ4v) is 3.81. The van der Waals surface area contributed by atoms with Gasteiger partial charge in [0.15, 0.2) is 5.65 Å². The lowest BCUT2D eigenvalue weighted by Gasteiger charge is -2.14. The van der Waals surface area contributed by atoms with Crippen LogP contribution in [-0.2, 0) is 11.3 Å². The van der Waals surface area contributed by atoms with Gasteiger partial charge in [-0.3, -0.25) is 4.79 Å². The smallest absolute Gasteiger partial charge is 0.245 e. The highest BCUT2D eigenvalue weighted by molar-refractivity contribution is 5.90. The average molecular weight is 432 g/mol. The Bertz CT molecular complexity index is 1220. The first-order valence-corrected chi connectivity index (χ1v) is 10.2. The van der Waals surface area contributed by atoms with E-state index >= 15 is 0 Å². The molecule has 3 heterocycles. The highest BCUT2D eigenvalue weighted by atomic mass is 16.5. The van der Waals surface area contributed by atoms with Gasteiger partial charge in [0.05, 0.1) is 19.6 Å². The Morgan fingerprint density at radius 2 is 2.00 bits per heavy atom. The second-order valence-corrected chi connectivity index (χ2v) is 7.48. The molecule has 1 aliphatic heterocycles. The molecule has 3 aromatic rings. The molecule has 2 aromatic heterocycles. The molecule has 1 amide bonds. The van der Waals surface area contributed by atoms with Crippen molar-refractivity contribution < 1.29 is 14.3 Å². The third kappa shape index (κ3) is 4.21. The molecule has 164 valence electrons. The third-order valence-electron chi connectivity index (χ3n) is 5.44. The van der Waals surface area contributed by atoms with Crippen LogP contribution in [0.3, 0.4) is 0 Å². The minimum absolute atomic E-state index is 0.0512. The van der Waals surface area contributed by atoms with E-state index in [0.29, 0.717) is 59.2 Å². The maximum atomic E-state index is 11.9. The van der Waals surface area contributed by atoms with Gasteiger partial charge in [0.1, 0.15) is 29.3 Å². The van der Waals surface area contributed by atoms with Crippen LogP contribution in [0.2, 0.25) is 0 Å². The number of nitrogens with zero attached hydrogens (tertiary/aromatic N) is 5. The van der Waals surface area contributed by atoms with Crippen molar-refractivity contribution in [3.8, 4) is 23.3 Å². The van der Waals surface area contributed by atoms with E-state index in [0.717, 1.165) is 6.42 Å². The van der Waals surface area contributed by atoms with E-state index in [2.05, 4.69) is 33.5 Å². The highest BCUT2D eigenvalue weighted by Crippen LogP contribution is 2.25. The molecule has 0 spiro atoms. The van der Waals surface area contributed by atoms with Gasteiger partial charge in [-0.1, -0.05) is 12.5 Å². The number of nitrogen functional groups attached to an aromatic ring is 1. The van der Waals surface area contributed by atoms with Crippen LogP contribution < -0.4 is 15.2 Å². The van der Waals surface area contributed by atoms with Crippen molar-refractivity contribution in [2.24, 2.45) is 5.92 Å². The summed E-state index contributed by atoms with van der Waals surface area (Å²) < 4.78 is 12.4. The summed E-state index contributed by atoms with van der Waals surface area (Å²) in [4.78, 5) is 22.2. The summed E-state index contributed by atoms with van der Waals surface area (Å²) in [6.07, 6.45) is 3.65. The van der Waals surface area contributed by atoms with Gasteiger partial charge >= 0.3 is 0 Å². The summed E-state index contributed by atoms with van der Waals surface area (Å²) in [5.74, 6) is 8.02. The van der Waals surface area contributed by atoms with Gasteiger partial charge < -0.3 is 20.1 Å². The van der Waals surface area contributed by atoms with Crippen LogP contribution >= 0.6 is 0 Å². The van der Waals surface area contributed by atoms with Gasteiger partial charge in [0, 0.05) is 31.3 Å². The molecular weight excluding hydrogens is 408 g/mol. The Labute approximate surface area is 185 Å². The lowest BCUT2D eigenvalue weighted by molar-refractivity contribution is -0.125. The topological polar surface area (TPSA) is 108 Å². The lowest BCUT2D eigenvalue weighted by atomic mass is 10.1. The molecular formula is C23H24N6O3. The van der Waals surface area contributed by atoms with Crippen molar-refractivity contribution in [1.82, 2.24) is 24.6 Å². The van der Waals surface area contributed by atoms with Crippen LogP contribution in [0.25, 0.3) is 11.0 Å². The van der Waals surface area contributed by atoms with E-state index in [1.807, 2.05) is 12.1 Å². The standard InChI is InChI=1S/C23H24N6O3/c1-4-20(30)28-8-7-16(12-28)13-29-23-21(22(24)25-14-26-23)19(27-29)6-5-15-9-17(31-2)11-18(10-15)32-3/h4,9-11,14,16H,1,7-8,12-13H2,2-3H3,(H2,24,25,26). The van der Waals surface area contributed by atoms with E-state index in [-0.39, 0.29) is 11.8 Å². The lowest BCUT2D eigenvalue weighted by Crippen LogP contribution is -2.27. The number of anilines is 1. The van der Waals surface area contributed by atoms with E-state index < -0.39 is 0 Å². The summed E-state index contributed by atoms with van der Waals surface area (Å²) in [5, 5.41) is 5.30. The Kier molecular flexibility index (Phi) is 5.94. The number of nitrogens with two attached hydrogens (primary N) is 1. The van der Waals surface area contributed by atoms with Gasteiger partial charge in [-0.15, -0.1) is 0 Å². The first-order valence-electron chi connectivity index (χ1n) is 10.2. The number of carbonyl (C=O) groups excluding carboxylic acids is 1. The van der Waals surface area contributed by atoms with Crippen molar-refractivity contribution in [2.75, 3.05) is 33.0 Å².